The number of hydrogen-bond acceptors (Lipinski definition) is 4. The summed E-state index contributed by atoms with van der Waals surface area (Å²) in [7, 11) is -0.470. The second-order valence-corrected chi connectivity index (χ2v) is 11.8. The van der Waals surface area contributed by atoms with E-state index in [-0.39, 0.29) is 29.9 Å². The minimum absolute atomic E-state index is 0.0259. The lowest BCUT2D eigenvalue weighted by Gasteiger charge is -2.44. The van der Waals surface area contributed by atoms with Crippen molar-refractivity contribution >= 4 is 14.4 Å². The summed E-state index contributed by atoms with van der Waals surface area (Å²) >= 11 is 0. The maximum atomic E-state index is 11.8. The maximum absolute atomic E-state index is 11.8. The van der Waals surface area contributed by atoms with Crippen LogP contribution < -0.4 is 0 Å². The summed E-state index contributed by atoms with van der Waals surface area (Å²) in [5, 5.41) is 9.52. The molecule has 118 valence electrons. The summed E-state index contributed by atoms with van der Waals surface area (Å²) in [4.78, 5) is 13.4. The van der Waals surface area contributed by atoms with Crippen molar-refractivity contribution in [3.63, 3.8) is 0 Å². The number of aliphatic hydroxyl groups excluding tert-OH is 1. The third kappa shape index (κ3) is 3.96. The molecule has 0 saturated carbocycles. The standard InChI is InChI=1S/C14H29NO4Si/c1-14(2,3)20(5,6)19-12-8-7-11(10-16)15(9-12)13(17)18-4/h11-12,16H,7-10H2,1-6H3/t11-,12+/m1/s1. The van der Waals surface area contributed by atoms with E-state index in [1.54, 1.807) is 4.90 Å². The Labute approximate surface area is 123 Å². The molecule has 20 heavy (non-hydrogen) atoms. The van der Waals surface area contributed by atoms with E-state index in [2.05, 4.69) is 33.9 Å². The van der Waals surface area contributed by atoms with E-state index >= 15 is 0 Å². The second-order valence-electron chi connectivity index (χ2n) is 7.04. The highest BCUT2D eigenvalue weighted by atomic mass is 28.4. The van der Waals surface area contributed by atoms with Gasteiger partial charge in [-0.3, -0.25) is 0 Å². The number of hydrogen-bond donors (Lipinski definition) is 1. The van der Waals surface area contributed by atoms with Crippen molar-refractivity contribution in [2.45, 2.75) is 63.9 Å². The van der Waals surface area contributed by atoms with Crippen molar-refractivity contribution in [1.29, 1.82) is 0 Å². The van der Waals surface area contributed by atoms with Crippen LogP contribution in [-0.2, 0) is 9.16 Å². The molecule has 0 aromatic heterocycles. The van der Waals surface area contributed by atoms with Crippen LogP contribution in [0.4, 0.5) is 4.79 Å². The molecular weight excluding hydrogens is 274 g/mol. The fraction of sp³-hybridized carbons (Fsp3) is 0.929. The molecule has 0 unspecified atom stereocenters. The topological polar surface area (TPSA) is 59.0 Å². The van der Waals surface area contributed by atoms with Gasteiger partial charge in [-0.15, -0.1) is 0 Å². The smallest absolute Gasteiger partial charge is 0.409 e. The lowest BCUT2D eigenvalue weighted by Crippen LogP contribution is -2.54. The average molecular weight is 303 g/mol. The Bertz CT molecular complexity index is 341. The Morgan fingerprint density at radius 2 is 1.95 bits per heavy atom. The number of piperidine rings is 1. The number of carbonyl (C=O) groups is 1. The summed E-state index contributed by atoms with van der Waals surface area (Å²) in [6.07, 6.45) is 1.29. The Balaban J connectivity index is 2.73. The maximum Gasteiger partial charge on any atom is 0.409 e. The molecule has 1 heterocycles. The van der Waals surface area contributed by atoms with Gasteiger partial charge in [-0.05, 0) is 31.0 Å². The molecule has 1 aliphatic heterocycles. The first-order valence-corrected chi connectivity index (χ1v) is 10.2. The van der Waals surface area contributed by atoms with Gasteiger partial charge in [0.1, 0.15) is 0 Å². The predicted octanol–water partition coefficient (Wildman–Crippen LogP) is 2.60. The van der Waals surface area contributed by atoms with E-state index in [4.69, 9.17) is 9.16 Å². The van der Waals surface area contributed by atoms with E-state index < -0.39 is 8.32 Å². The second kappa shape index (κ2) is 6.45. The van der Waals surface area contributed by atoms with Crippen molar-refractivity contribution < 1.29 is 19.1 Å². The highest BCUT2D eigenvalue weighted by molar-refractivity contribution is 6.74. The molecule has 1 aliphatic rings. The molecule has 1 amide bonds. The number of carbonyl (C=O) groups excluding carboxylic acids is 1. The molecule has 1 saturated heterocycles. The number of methoxy groups -OCH3 is 1. The van der Waals surface area contributed by atoms with Crippen LogP contribution in [0.5, 0.6) is 0 Å². The highest BCUT2D eigenvalue weighted by Crippen LogP contribution is 2.38. The summed E-state index contributed by atoms with van der Waals surface area (Å²) in [6.45, 7) is 11.5. The fourth-order valence-electron chi connectivity index (χ4n) is 2.21. The van der Waals surface area contributed by atoms with Gasteiger partial charge in [0.2, 0.25) is 0 Å². The van der Waals surface area contributed by atoms with Crippen molar-refractivity contribution in [2.75, 3.05) is 20.3 Å². The quantitative estimate of drug-likeness (QED) is 0.814. The molecular formula is C14H29NO4Si. The zero-order valence-electron chi connectivity index (χ0n) is 13.6. The number of nitrogens with zero attached hydrogens (tertiary/aromatic N) is 1. The molecule has 1 fully saturated rings. The van der Waals surface area contributed by atoms with Crippen molar-refractivity contribution in [1.82, 2.24) is 4.90 Å². The molecule has 0 aromatic carbocycles. The number of amides is 1. The number of ether oxygens (including phenoxy) is 1. The van der Waals surface area contributed by atoms with Crippen molar-refractivity contribution in [3.8, 4) is 0 Å². The Hall–Kier alpha value is -0.593. The minimum Gasteiger partial charge on any atom is -0.453 e. The molecule has 0 aliphatic carbocycles. The summed E-state index contributed by atoms with van der Waals surface area (Å²) in [6, 6.07) is -0.151. The van der Waals surface area contributed by atoms with E-state index in [0.29, 0.717) is 6.54 Å². The first kappa shape index (κ1) is 17.5. The zero-order valence-corrected chi connectivity index (χ0v) is 14.6. The van der Waals surface area contributed by atoms with Gasteiger partial charge in [0.25, 0.3) is 0 Å². The van der Waals surface area contributed by atoms with Gasteiger partial charge in [-0.1, -0.05) is 20.8 Å². The molecule has 2 atom stereocenters. The van der Waals surface area contributed by atoms with Crippen molar-refractivity contribution in [2.24, 2.45) is 0 Å². The van der Waals surface area contributed by atoms with Crippen molar-refractivity contribution in [3.05, 3.63) is 0 Å². The molecule has 0 bridgehead atoms. The van der Waals surface area contributed by atoms with E-state index in [1.807, 2.05) is 0 Å². The lowest BCUT2D eigenvalue weighted by atomic mass is 10.0. The Morgan fingerprint density at radius 3 is 2.40 bits per heavy atom. The number of aliphatic hydroxyl groups is 1. The third-order valence-corrected chi connectivity index (χ3v) is 9.09. The van der Waals surface area contributed by atoms with Gasteiger partial charge in [-0.25, -0.2) is 4.79 Å². The van der Waals surface area contributed by atoms with Gasteiger partial charge in [0.05, 0.1) is 25.9 Å². The molecule has 0 spiro atoms. The average Bonchev–Trinajstić information content (AvgIpc) is 2.36. The van der Waals surface area contributed by atoms with Crippen LogP contribution in [-0.4, -0.2) is 56.8 Å². The van der Waals surface area contributed by atoms with Gasteiger partial charge in [0, 0.05) is 6.54 Å². The van der Waals surface area contributed by atoms with Crippen LogP contribution in [0.1, 0.15) is 33.6 Å². The number of rotatable bonds is 3. The zero-order chi connectivity index (χ0) is 15.6. The summed E-state index contributed by atoms with van der Waals surface area (Å²) in [5.41, 5.74) is 0. The Kier molecular flexibility index (Phi) is 5.63. The summed E-state index contributed by atoms with van der Waals surface area (Å²) < 4.78 is 11.2. The van der Waals surface area contributed by atoms with E-state index in [0.717, 1.165) is 12.8 Å². The van der Waals surface area contributed by atoms with Gasteiger partial charge in [0.15, 0.2) is 8.32 Å². The molecule has 1 rings (SSSR count). The van der Waals surface area contributed by atoms with Gasteiger partial charge >= 0.3 is 6.09 Å². The predicted molar refractivity (Wildman–Crippen MR) is 81.3 cm³/mol. The van der Waals surface area contributed by atoms with Crippen LogP contribution in [0, 0.1) is 0 Å². The van der Waals surface area contributed by atoms with E-state index in [9.17, 15) is 9.90 Å². The molecule has 5 nitrogen and oxygen atoms in total. The monoisotopic (exact) mass is 303 g/mol. The van der Waals surface area contributed by atoms with Crippen LogP contribution in [0.15, 0.2) is 0 Å². The first-order valence-electron chi connectivity index (χ1n) is 7.25. The van der Waals surface area contributed by atoms with Crippen LogP contribution in [0.3, 0.4) is 0 Å². The first-order chi connectivity index (χ1) is 9.12. The van der Waals surface area contributed by atoms with Gasteiger partial charge < -0.3 is 19.2 Å². The summed E-state index contributed by atoms with van der Waals surface area (Å²) in [5.74, 6) is 0. The SMILES string of the molecule is COC(=O)N1C[C@@H](O[Si](C)(C)C(C)(C)C)CC[C@@H]1CO. The molecule has 6 heteroatoms. The van der Waals surface area contributed by atoms with Gasteiger partial charge in [-0.2, -0.15) is 0 Å². The molecule has 0 aromatic rings. The third-order valence-electron chi connectivity index (χ3n) is 4.55. The fourth-order valence-corrected chi connectivity index (χ4v) is 3.59. The highest BCUT2D eigenvalue weighted by Gasteiger charge is 2.41. The van der Waals surface area contributed by atoms with E-state index in [1.165, 1.54) is 7.11 Å². The van der Waals surface area contributed by atoms with Crippen LogP contribution >= 0.6 is 0 Å². The molecule has 1 N–H and O–H groups in total. The largest absolute Gasteiger partial charge is 0.453 e. The minimum atomic E-state index is -1.84. The normalized spacial score (nSPS) is 24.6. The Morgan fingerprint density at radius 1 is 1.35 bits per heavy atom. The van der Waals surface area contributed by atoms with Crippen LogP contribution in [0.2, 0.25) is 18.1 Å². The lowest BCUT2D eigenvalue weighted by molar-refractivity contribution is 0.0179. The molecule has 0 radical (unpaired) electrons. The van der Waals surface area contributed by atoms with Crippen LogP contribution in [0.25, 0.3) is 0 Å². The number of likely N-dealkylation sites (tertiary alicyclic amines) is 1.